The Bertz CT molecular complexity index is 985. The number of rotatable bonds is 4. The molecule has 0 aliphatic carbocycles. The number of amides is 1. The van der Waals surface area contributed by atoms with Gasteiger partial charge < -0.3 is 10.6 Å². The number of carbonyl (C=O) groups excluding carboxylic acids is 1. The van der Waals surface area contributed by atoms with E-state index < -0.39 is 17.8 Å². The second kappa shape index (κ2) is 7.32. The number of benzene rings is 2. The lowest BCUT2D eigenvalue weighted by Gasteiger charge is -2.13. The average Bonchev–Trinajstić information content (AvgIpc) is 2.98. The predicted molar refractivity (Wildman–Crippen MR) is 97.3 cm³/mol. The highest BCUT2D eigenvalue weighted by atomic mass is 35.5. The van der Waals surface area contributed by atoms with Gasteiger partial charge in [0.25, 0.3) is 5.91 Å². The minimum absolute atomic E-state index is 0.0696. The first-order valence-corrected chi connectivity index (χ1v) is 8.16. The molecule has 1 aromatic heterocycles. The molecule has 140 valence electrons. The maximum absolute atomic E-state index is 12.8. The van der Waals surface area contributed by atoms with Crippen molar-refractivity contribution in [2.45, 2.75) is 6.18 Å². The van der Waals surface area contributed by atoms with Gasteiger partial charge in [-0.2, -0.15) is 18.3 Å². The van der Waals surface area contributed by atoms with Gasteiger partial charge in [0, 0.05) is 13.1 Å². The SMILES string of the molecule is Cn1nc(C(F)(F)F)cc1NC(=O)c1ccccc1Nc1ccccc1Cl. The van der Waals surface area contributed by atoms with Crippen LogP contribution in [0.2, 0.25) is 5.02 Å². The smallest absolute Gasteiger partial charge is 0.354 e. The molecule has 3 aromatic rings. The van der Waals surface area contributed by atoms with Crippen LogP contribution >= 0.6 is 11.6 Å². The quantitative estimate of drug-likeness (QED) is 0.648. The summed E-state index contributed by atoms with van der Waals surface area (Å²) in [5.74, 6) is -0.651. The van der Waals surface area contributed by atoms with Crippen LogP contribution < -0.4 is 10.6 Å². The first-order chi connectivity index (χ1) is 12.8. The molecule has 0 aliphatic rings. The van der Waals surface area contributed by atoms with Crippen molar-refractivity contribution in [1.29, 1.82) is 0 Å². The van der Waals surface area contributed by atoms with Crippen molar-refractivity contribution in [3.05, 3.63) is 70.9 Å². The van der Waals surface area contributed by atoms with Crippen molar-refractivity contribution in [2.24, 2.45) is 7.05 Å². The van der Waals surface area contributed by atoms with E-state index in [2.05, 4.69) is 15.7 Å². The summed E-state index contributed by atoms with van der Waals surface area (Å²) < 4.78 is 39.3. The molecule has 0 aliphatic heterocycles. The zero-order chi connectivity index (χ0) is 19.6. The molecular weight excluding hydrogens is 381 g/mol. The molecule has 0 spiro atoms. The summed E-state index contributed by atoms with van der Waals surface area (Å²) in [5, 5.41) is 9.35. The summed E-state index contributed by atoms with van der Waals surface area (Å²) in [6.45, 7) is 0. The lowest BCUT2D eigenvalue weighted by Crippen LogP contribution is -2.16. The second-order valence-electron chi connectivity index (χ2n) is 5.64. The van der Waals surface area contributed by atoms with Gasteiger partial charge in [0.2, 0.25) is 0 Å². The van der Waals surface area contributed by atoms with Gasteiger partial charge in [-0.1, -0.05) is 35.9 Å². The highest BCUT2D eigenvalue weighted by molar-refractivity contribution is 6.33. The molecule has 0 saturated heterocycles. The van der Waals surface area contributed by atoms with Gasteiger partial charge in [0.15, 0.2) is 5.69 Å². The highest BCUT2D eigenvalue weighted by Gasteiger charge is 2.34. The van der Waals surface area contributed by atoms with Gasteiger partial charge in [0.1, 0.15) is 5.82 Å². The van der Waals surface area contributed by atoms with Crippen molar-refractivity contribution in [3.63, 3.8) is 0 Å². The topological polar surface area (TPSA) is 59.0 Å². The van der Waals surface area contributed by atoms with E-state index in [1.807, 2.05) is 0 Å². The maximum atomic E-state index is 12.8. The van der Waals surface area contributed by atoms with Crippen molar-refractivity contribution < 1.29 is 18.0 Å². The third-order valence-corrected chi connectivity index (χ3v) is 4.06. The Kier molecular flexibility index (Phi) is 5.09. The predicted octanol–water partition coefficient (Wildman–Crippen LogP) is 5.09. The number of anilines is 3. The molecule has 0 radical (unpaired) electrons. The summed E-state index contributed by atoms with van der Waals surface area (Å²) in [7, 11) is 1.32. The fourth-order valence-electron chi connectivity index (χ4n) is 2.40. The number of nitrogens with zero attached hydrogens (tertiary/aromatic N) is 2. The first kappa shape index (κ1) is 18.8. The van der Waals surface area contributed by atoms with Gasteiger partial charge in [0.05, 0.1) is 22.0 Å². The van der Waals surface area contributed by atoms with Gasteiger partial charge in [-0.25, -0.2) is 0 Å². The van der Waals surface area contributed by atoms with Crippen LogP contribution in [-0.2, 0) is 13.2 Å². The van der Waals surface area contributed by atoms with Crippen LogP contribution in [0.3, 0.4) is 0 Å². The molecule has 0 saturated carbocycles. The maximum Gasteiger partial charge on any atom is 0.435 e. The van der Waals surface area contributed by atoms with Crippen molar-refractivity contribution in [3.8, 4) is 0 Å². The number of alkyl halides is 3. The lowest BCUT2D eigenvalue weighted by molar-refractivity contribution is -0.141. The third-order valence-electron chi connectivity index (χ3n) is 3.73. The van der Waals surface area contributed by atoms with E-state index in [-0.39, 0.29) is 11.4 Å². The second-order valence-corrected chi connectivity index (χ2v) is 6.05. The number of carbonyl (C=O) groups is 1. The van der Waals surface area contributed by atoms with E-state index in [1.165, 1.54) is 7.05 Å². The van der Waals surface area contributed by atoms with Crippen molar-refractivity contribution >= 4 is 34.7 Å². The number of nitrogens with one attached hydrogen (secondary N) is 2. The largest absolute Gasteiger partial charge is 0.435 e. The van der Waals surface area contributed by atoms with Gasteiger partial charge in [-0.05, 0) is 24.3 Å². The van der Waals surface area contributed by atoms with Crippen molar-refractivity contribution in [2.75, 3.05) is 10.6 Å². The normalized spacial score (nSPS) is 11.3. The monoisotopic (exact) mass is 394 g/mol. The molecule has 0 fully saturated rings. The molecule has 9 heteroatoms. The summed E-state index contributed by atoms with van der Waals surface area (Å²) in [6, 6.07) is 14.4. The molecule has 0 atom stereocenters. The Morgan fingerprint density at radius 2 is 1.70 bits per heavy atom. The van der Waals surface area contributed by atoms with Gasteiger partial charge in [-0.3, -0.25) is 9.48 Å². The van der Waals surface area contributed by atoms with E-state index in [0.29, 0.717) is 16.4 Å². The molecule has 2 N–H and O–H groups in total. The summed E-state index contributed by atoms with van der Waals surface area (Å²) in [4.78, 5) is 12.6. The Hall–Kier alpha value is -3.00. The van der Waals surface area contributed by atoms with Crippen LogP contribution in [0.1, 0.15) is 16.1 Å². The number of halogens is 4. The van der Waals surface area contributed by atoms with Crippen LogP contribution in [0.4, 0.5) is 30.4 Å². The zero-order valence-corrected chi connectivity index (χ0v) is 14.8. The fourth-order valence-corrected chi connectivity index (χ4v) is 2.59. The lowest BCUT2D eigenvalue weighted by atomic mass is 10.1. The number of para-hydroxylation sites is 2. The minimum atomic E-state index is -4.59. The van der Waals surface area contributed by atoms with Crippen LogP contribution in [-0.4, -0.2) is 15.7 Å². The Labute approximate surface area is 157 Å². The van der Waals surface area contributed by atoms with E-state index in [0.717, 1.165) is 10.7 Å². The highest BCUT2D eigenvalue weighted by Crippen LogP contribution is 2.30. The number of hydrogen-bond acceptors (Lipinski definition) is 3. The number of aryl methyl sites for hydroxylation is 1. The van der Waals surface area contributed by atoms with Crippen LogP contribution in [0.25, 0.3) is 0 Å². The molecule has 5 nitrogen and oxygen atoms in total. The molecule has 2 aromatic carbocycles. The van der Waals surface area contributed by atoms with Gasteiger partial charge >= 0.3 is 6.18 Å². The molecule has 0 bridgehead atoms. The number of aromatic nitrogens is 2. The van der Waals surface area contributed by atoms with Gasteiger partial charge in [-0.15, -0.1) is 0 Å². The zero-order valence-electron chi connectivity index (χ0n) is 14.0. The molecule has 1 amide bonds. The molecule has 27 heavy (non-hydrogen) atoms. The minimum Gasteiger partial charge on any atom is -0.354 e. The van der Waals surface area contributed by atoms with E-state index >= 15 is 0 Å². The summed E-state index contributed by atoms with van der Waals surface area (Å²) in [5.41, 5.74) is 0.218. The Balaban J connectivity index is 1.86. The third kappa shape index (κ3) is 4.22. The van der Waals surface area contributed by atoms with E-state index in [1.54, 1.807) is 48.5 Å². The van der Waals surface area contributed by atoms with Crippen LogP contribution in [0.15, 0.2) is 54.6 Å². The van der Waals surface area contributed by atoms with Crippen LogP contribution in [0, 0.1) is 0 Å². The first-order valence-electron chi connectivity index (χ1n) is 7.79. The summed E-state index contributed by atoms with van der Waals surface area (Å²) in [6.07, 6.45) is -4.59. The molecule has 3 rings (SSSR count). The van der Waals surface area contributed by atoms with E-state index in [4.69, 9.17) is 11.6 Å². The van der Waals surface area contributed by atoms with Crippen molar-refractivity contribution in [1.82, 2.24) is 9.78 Å². The average molecular weight is 395 g/mol. The summed E-state index contributed by atoms with van der Waals surface area (Å²) >= 11 is 6.12. The molecule has 0 unspecified atom stereocenters. The standard InChI is InChI=1S/C18H14ClF3N4O/c1-26-16(10-15(25-26)18(20,21)22)24-17(27)11-6-2-4-8-13(11)23-14-9-5-3-7-12(14)19/h2-10,23H,1H3,(H,24,27). The molecular formula is C18H14ClF3N4O. The Morgan fingerprint density at radius 3 is 2.33 bits per heavy atom. The Morgan fingerprint density at radius 1 is 1.07 bits per heavy atom. The fraction of sp³-hybridized carbons (Fsp3) is 0.111. The molecule has 1 heterocycles. The van der Waals surface area contributed by atoms with E-state index in [9.17, 15) is 18.0 Å². The number of hydrogen-bond donors (Lipinski definition) is 2. The van der Waals surface area contributed by atoms with Crippen LogP contribution in [0.5, 0.6) is 0 Å².